The lowest BCUT2D eigenvalue weighted by atomic mass is 10.1. The van der Waals surface area contributed by atoms with Crippen LogP contribution in [0.15, 0.2) is 46.6 Å². The quantitative estimate of drug-likeness (QED) is 0.837. The second-order valence-electron chi connectivity index (χ2n) is 3.81. The molecule has 1 heterocycles. The van der Waals surface area contributed by atoms with E-state index in [1.807, 2.05) is 13.0 Å². The lowest BCUT2D eigenvalue weighted by molar-refractivity contribution is -0.117. The van der Waals surface area contributed by atoms with E-state index in [-0.39, 0.29) is 18.2 Å². The topological polar surface area (TPSA) is 58.5 Å². The molecule has 0 spiro atoms. The Balaban J connectivity index is 2.15. The number of aliphatic imine (C=N–C) groups is 1. The Morgan fingerprint density at radius 3 is 2.71 bits per heavy atom. The lowest BCUT2D eigenvalue weighted by Gasteiger charge is -2.13. The van der Waals surface area contributed by atoms with Crippen molar-refractivity contribution in [1.29, 1.82) is 0 Å². The summed E-state index contributed by atoms with van der Waals surface area (Å²) in [6.45, 7) is 1.82. The van der Waals surface area contributed by atoms with Crippen molar-refractivity contribution in [3.8, 4) is 0 Å². The molecule has 17 heavy (non-hydrogen) atoms. The number of nitrogens with one attached hydrogen (secondary N) is 1. The molecule has 4 heteroatoms. The van der Waals surface area contributed by atoms with Gasteiger partial charge in [0.25, 0.3) is 11.8 Å². The van der Waals surface area contributed by atoms with E-state index in [0.717, 1.165) is 5.57 Å². The molecule has 0 radical (unpaired) electrons. The standard InChI is InChI=1S/C13H12N2O2/c1-9-8-14-12(16)7-11(9)15-13(17)10-5-3-2-4-6-10/h2-6,8H,7H2,1H3,(H,15,17). The molecule has 0 unspecified atom stereocenters. The van der Waals surface area contributed by atoms with Crippen molar-refractivity contribution < 1.29 is 9.59 Å². The third-order valence-corrected chi connectivity index (χ3v) is 2.51. The number of amides is 2. The molecule has 0 aromatic heterocycles. The molecule has 0 saturated carbocycles. The summed E-state index contributed by atoms with van der Waals surface area (Å²) >= 11 is 0. The summed E-state index contributed by atoms with van der Waals surface area (Å²) in [7, 11) is 0. The number of carbonyl (C=O) groups excluding carboxylic acids is 2. The third kappa shape index (κ3) is 2.66. The summed E-state index contributed by atoms with van der Waals surface area (Å²) in [6.07, 6.45) is 1.63. The predicted octanol–water partition coefficient (Wildman–Crippen LogP) is 1.69. The fraction of sp³-hybridized carbons (Fsp3) is 0.154. The van der Waals surface area contributed by atoms with E-state index in [1.54, 1.807) is 24.3 Å². The highest BCUT2D eigenvalue weighted by molar-refractivity contribution is 6.00. The summed E-state index contributed by atoms with van der Waals surface area (Å²) in [5.74, 6) is -0.443. The van der Waals surface area contributed by atoms with Crippen LogP contribution in [-0.2, 0) is 4.79 Å². The summed E-state index contributed by atoms with van der Waals surface area (Å²) in [5, 5.41) is 2.74. The van der Waals surface area contributed by atoms with Crippen molar-refractivity contribution in [1.82, 2.24) is 5.32 Å². The van der Waals surface area contributed by atoms with Crippen LogP contribution in [0.2, 0.25) is 0 Å². The first kappa shape index (κ1) is 11.3. The van der Waals surface area contributed by atoms with Gasteiger partial charge in [0.05, 0.1) is 6.42 Å². The maximum Gasteiger partial charge on any atom is 0.255 e. The van der Waals surface area contributed by atoms with Crippen LogP contribution in [0.4, 0.5) is 0 Å². The highest BCUT2D eigenvalue weighted by Crippen LogP contribution is 2.11. The number of benzene rings is 1. The molecular formula is C13H12N2O2. The van der Waals surface area contributed by atoms with Gasteiger partial charge in [-0.15, -0.1) is 0 Å². The maximum atomic E-state index is 11.9. The number of nitrogens with zero attached hydrogens (tertiary/aromatic N) is 1. The van der Waals surface area contributed by atoms with E-state index in [2.05, 4.69) is 10.3 Å². The van der Waals surface area contributed by atoms with Crippen LogP contribution in [-0.4, -0.2) is 18.0 Å². The van der Waals surface area contributed by atoms with Crippen LogP contribution in [0, 0.1) is 0 Å². The van der Waals surface area contributed by atoms with Crippen molar-refractivity contribution in [3.63, 3.8) is 0 Å². The summed E-state index contributed by atoms with van der Waals surface area (Å²) < 4.78 is 0. The lowest BCUT2D eigenvalue weighted by Crippen LogP contribution is -2.26. The van der Waals surface area contributed by atoms with Gasteiger partial charge >= 0.3 is 0 Å². The molecule has 1 aliphatic heterocycles. The second-order valence-corrected chi connectivity index (χ2v) is 3.81. The fourth-order valence-corrected chi connectivity index (χ4v) is 1.52. The Bertz CT molecular complexity index is 515. The molecule has 1 aromatic rings. The van der Waals surface area contributed by atoms with Gasteiger partial charge in [0.15, 0.2) is 0 Å². The van der Waals surface area contributed by atoms with Crippen molar-refractivity contribution >= 4 is 18.0 Å². The highest BCUT2D eigenvalue weighted by Gasteiger charge is 2.15. The molecule has 0 bridgehead atoms. The van der Waals surface area contributed by atoms with E-state index < -0.39 is 0 Å². The molecule has 1 aromatic carbocycles. The molecule has 1 aliphatic rings. The van der Waals surface area contributed by atoms with Crippen molar-refractivity contribution in [2.24, 2.45) is 4.99 Å². The van der Waals surface area contributed by atoms with Gasteiger partial charge in [-0.3, -0.25) is 9.59 Å². The zero-order valence-electron chi connectivity index (χ0n) is 9.43. The number of carbonyl (C=O) groups is 2. The van der Waals surface area contributed by atoms with Gasteiger partial charge in [0, 0.05) is 17.5 Å². The van der Waals surface area contributed by atoms with Crippen molar-refractivity contribution in [3.05, 3.63) is 47.2 Å². The zero-order valence-corrected chi connectivity index (χ0v) is 9.43. The van der Waals surface area contributed by atoms with Gasteiger partial charge in [-0.25, -0.2) is 4.99 Å². The van der Waals surface area contributed by atoms with Crippen molar-refractivity contribution in [2.45, 2.75) is 13.3 Å². The number of rotatable bonds is 2. The number of hydrogen-bond donors (Lipinski definition) is 1. The van der Waals surface area contributed by atoms with Crippen LogP contribution in [0.3, 0.4) is 0 Å². The fourth-order valence-electron chi connectivity index (χ4n) is 1.52. The summed E-state index contributed by atoms with van der Waals surface area (Å²) in [4.78, 5) is 26.7. The van der Waals surface area contributed by atoms with Crippen LogP contribution in [0.25, 0.3) is 0 Å². The monoisotopic (exact) mass is 228 g/mol. The summed E-state index contributed by atoms with van der Waals surface area (Å²) in [5.41, 5.74) is 2.01. The van der Waals surface area contributed by atoms with Crippen LogP contribution >= 0.6 is 0 Å². The molecule has 2 amide bonds. The van der Waals surface area contributed by atoms with E-state index in [9.17, 15) is 9.59 Å². The van der Waals surface area contributed by atoms with Crippen LogP contribution in [0.5, 0.6) is 0 Å². The van der Waals surface area contributed by atoms with Crippen molar-refractivity contribution in [2.75, 3.05) is 0 Å². The SMILES string of the molecule is CC1=C(NC(=O)c2ccccc2)CC(=O)N=C1. The second kappa shape index (κ2) is 4.74. The maximum absolute atomic E-state index is 11.9. The van der Waals surface area contributed by atoms with Gasteiger partial charge < -0.3 is 5.32 Å². The van der Waals surface area contributed by atoms with E-state index in [1.165, 1.54) is 6.21 Å². The molecule has 0 saturated heterocycles. The molecule has 1 N–H and O–H groups in total. The first-order chi connectivity index (χ1) is 8.16. The molecule has 0 atom stereocenters. The Hall–Kier alpha value is -2.23. The normalized spacial score (nSPS) is 15.0. The van der Waals surface area contributed by atoms with Gasteiger partial charge in [-0.2, -0.15) is 0 Å². The van der Waals surface area contributed by atoms with E-state index >= 15 is 0 Å². The van der Waals surface area contributed by atoms with E-state index in [0.29, 0.717) is 11.3 Å². The molecule has 86 valence electrons. The first-order valence-corrected chi connectivity index (χ1v) is 5.30. The Labute approximate surface area is 99.1 Å². The third-order valence-electron chi connectivity index (χ3n) is 2.51. The minimum Gasteiger partial charge on any atom is -0.325 e. The van der Waals surface area contributed by atoms with Crippen LogP contribution in [0.1, 0.15) is 23.7 Å². The smallest absolute Gasteiger partial charge is 0.255 e. The predicted molar refractivity (Wildman–Crippen MR) is 64.7 cm³/mol. The zero-order chi connectivity index (χ0) is 12.3. The van der Waals surface area contributed by atoms with Gasteiger partial charge in [-0.1, -0.05) is 18.2 Å². The molecule has 0 fully saturated rings. The number of hydrogen-bond acceptors (Lipinski definition) is 2. The van der Waals surface area contributed by atoms with Gasteiger partial charge in [-0.05, 0) is 24.6 Å². The Kier molecular flexibility index (Phi) is 3.14. The number of allylic oxidation sites excluding steroid dienone is 1. The Morgan fingerprint density at radius 2 is 2.00 bits per heavy atom. The van der Waals surface area contributed by atoms with E-state index in [4.69, 9.17) is 0 Å². The highest BCUT2D eigenvalue weighted by atomic mass is 16.2. The molecule has 2 rings (SSSR count). The first-order valence-electron chi connectivity index (χ1n) is 5.30. The average Bonchev–Trinajstić information content (AvgIpc) is 2.35. The minimum absolute atomic E-state index is 0.154. The molecule has 0 aliphatic carbocycles. The van der Waals surface area contributed by atoms with Gasteiger partial charge in [0.1, 0.15) is 0 Å². The average molecular weight is 228 g/mol. The molecular weight excluding hydrogens is 216 g/mol. The van der Waals surface area contributed by atoms with Crippen LogP contribution < -0.4 is 5.32 Å². The molecule has 4 nitrogen and oxygen atoms in total. The van der Waals surface area contributed by atoms with Gasteiger partial charge in [0.2, 0.25) is 0 Å². The number of dihydropyridines is 1. The minimum atomic E-state index is -0.237. The largest absolute Gasteiger partial charge is 0.325 e. The summed E-state index contributed by atoms with van der Waals surface area (Å²) in [6, 6.07) is 8.89. The Morgan fingerprint density at radius 1 is 1.29 bits per heavy atom.